The zero-order valence-electron chi connectivity index (χ0n) is 21.2. The third kappa shape index (κ3) is 7.15. The predicted octanol–water partition coefficient (Wildman–Crippen LogP) is 6.17. The monoisotopic (exact) mass is 516 g/mol. The van der Waals surface area contributed by atoms with Gasteiger partial charge in [-0.05, 0) is 81.2 Å². The van der Waals surface area contributed by atoms with E-state index in [0.717, 1.165) is 54.6 Å². The Morgan fingerprint density at radius 1 is 1.31 bits per heavy atom. The first kappa shape index (κ1) is 27.4. The van der Waals surface area contributed by atoms with Gasteiger partial charge < -0.3 is 4.57 Å². The van der Waals surface area contributed by atoms with Crippen molar-refractivity contribution in [2.24, 2.45) is 10.9 Å². The van der Waals surface area contributed by atoms with E-state index in [9.17, 15) is 8.42 Å². The summed E-state index contributed by atoms with van der Waals surface area (Å²) >= 11 is 6.47. The quantitative estimate of drug-likeness (QED) is 0.354. The Kier molecular flexibility index (Phi) is 9.50. The van der Waals surface area contributed by atoms with E-state index in [1.165, 1.54) is 11.8 Å². The molecule has 1 aromatic heterocycles. The normalized spacial score (nSPS) is 16.5. The van der Waals surface area contributed by atoms with Crippen LogP contribution in [0.1, 0.15) is 63.5 Å². The highest BCUT2D eigenvalue weighted by Gasteiger charge is 2.34. The number of rotatable bonds is 10. The fourth-order valence-electron chi connectivity index (χ4n) is 4.96. The summed E-state index contributed by atoms with van der Waals surface area (Å²) in [6.07, 6.45) is 12.1. The molecule has 3 rings (SSSR count). The Bertz CT molecular complexity index is 1170. The number of benzene rings is 1. The van der Waals surface area contributed by atoms with E-state index in [0.29, 0.717) is 18.1 Å². The maximum Gasteiger partial charge on any atom is 0.211 e. The van der Waals surface area contributed by atoms with E-state index in [-0.39, 0.29) is 11.8 Å². The Morgan fingerprint density at radius 3 is 2.60 bits per heavy atom. The number of hydrogen-bond acceptors (Lipinski definition) is 4. The number of aryl methyl sites for hydroxylation is 1. The van der Waals surface area contributed by atoms with Gasteiger partial charge in [-0.25, -0.2) is 17.7 Å². The summed E-state index contributed by atoms with van der Waals surface area (Å²) in [4.78, 5) is 8.93. The maximum absolute atomic E-state index is 12.1. The standard InChI is InChI=1S/C27H37ClN4O2S/c1-6-30-27(20(2)3)26(22-11-15-32(16-12-22)35(5,33)34)24-10-9-23(28)18-25(24)21(4)8-7-14-31-17-13-29-19-31/h6,9-10,13,17-19,22,26H,4,7-8,11-12,14-16H2,1-3,5H3. The summed E-state index contributed by atoms with van der Waals surface area (Å²) in [5.41, 5.74) is 5.49. The Hall–Kier alpha value is -2.22. The lowest BCUT2D eigenvalue weighted by Crippen LogP contribution is -2.39. The van der Waals surface area contributed by atoms with Gasteiger partial charge in [0.2, 0.25) is 10.0 Å². The van der Waals surface area contributed by atoms with Crippen molar-refractivity contribution in [2.45, 2.75) is 58.9 Å². The van der Waals surface area contributed by atoms with E-state index in [2.05, 4.69) is 36.0 Å². The molecule has 2 heterocycles. The molecule has 1 fully saturated rings. The van der Waals surface area contributed by atoms with Gasteiger partial charge in [0, 0.05) is 54.9 Å². The maximum atomic E-state index is 12.1. The lowest BCUT2D eigenvalue weighted by atomic mass is 9.75. The Labute approximate surface area is 215 Å². The fraction of sp³-hybridized carbons (Fsp3) is 0.481. The minimum Gasteiger partial charge on any atom is -0.337 e. The second kappa shape index (κ2) is 12.2. The molecule has 0 spiro atoms. The molecule has 1 aliphatic heterocycles. The number of hydrogen-bond donors (Lipinski definition) is 0. The Balaban J connectivity index is 1.95. The van der Waals surface area contributed by atoms with E-state index in [1.54, 1.807) is 10.5 Å². The molecule has 0 radical (unpaired) electrons. The second-order valence-corrected chi connectivity index (χ2v) is 11.9. The fourth-order valence-corrected chi connectivity index (χ4v) is 6.01. The SMILES string of the molecule is C=C(CCCn1ccnc1)c1cc(Cl)ccc1C(C(N=CC)=C(C)C)C1CCN(S(C)(=O)=O)CC1. The van der Waals surface area contributed by atoms with Crippen molar-refractivity contribution in [3.63, 3.8) is 0 Å². The molecule has 0 amide bonds. The van der Waals surface area contributed by atoms with Gasteiger partial charge in [0.1, 0.15) is 0 Å². The van der Waals surface area contributed by atoms with Crippen LogP contribution < -0.4 is 0 Å². The first-order chi connectivity index (χ1) is 16.6. The number of aromatic nitrogens is 2. The number of nitrogens with zero attached hydrogens (tertiary/aromatic N) is 4. The molecule has 1 atom stereocenters. The van der Waals surface area contributed by atoms with Crippen molar-refractivity contribution < 1.29 is 8.42 Å². The van der Waals surface area contributed by atoms with E-state index >= 15 is 0 Å². The van der Waals surface area contributed by atoms with E-state index < -0.39 is 10.0 Å². The lowest BCUT2D eigenvalue weighted by molar-refractivity contribution is 0.255. The van der Waals surface area contributed by atoms with Crippen LogP contribution in [0.25, 0.3) is 5.57 Å². The molecule has 2 aromatic rings. The largest absolute Gasteiger partial charge is 0.337 e. The summed E-state index contributed by atoms with van der Waals surface area (Å²) in [6.45, 7) is 12.5. The molecular weight excluding hydrogens is 480 g/mol. The van der Waals surface area contributed by atoms with Gasteiger partial charge in [0.15, 0.2) is 0 Å². The second-order valence-electron chi connectivity index (χ2n) is 9.49. The van der Waals surface area contributed by atoms with Crippen LogP contribution in [0, 0.1) is 5.92 Å². The van der Waals surface area contributed by atoms with Crippen molar-refractivity contribution in [1.29, 1.82) is 0 Å². The average Bonchev–Trinajstić information content (AvgIpc) is 3.32. The molecule has 0 N–H and O–H groups in total. The van der Waals surface area contributed by atoms with Crippen molar-refractivity contribution in [1.82, 2.24) is 13.9 Å². The van der Waals surface area contributed by atoms with E-state index in [1.807, 2.05) is 37.8 Å². The Morgan fingerprint density at radius 2 is 2.03 bits per heavy atom. The molecule has 1 saturated heterocycles. The molecule has 6 nitrogen and oxygen atoms in total. The van der Waals surface area contributed by atoms with Gasteiger partial charge >= 0.3 is 0 Å². The van der Waals surface area contributed by atoms with Gasteiger partial charge in [0.05, 0.1) is 12.6 Å². The van der Waals surface area contributed by atoms with Gasteiger partial charge in [-0.15, -0.1) is 0 Å². The minimum absolute atomic E-state index is 0.0376. The van der Waals surface area contributed by atoms with Gasteiger partial charge in [0.25, 0.3) is 0 Å². The van der Waals surface area contributed by atoms with Crippen molar-refractivity contribution >= 4 is 33.4 Å². The number of sulfonamides is 1. The highest BCUT2D eigenvalue weighted by atomic mass is 35.5. The topological polar surface area (TPSA) is 67.6 Å². The number of halogens is 1. The molecule has 0 aliphatic carbocycles. The summed E-state index contributed by atoms with van der Waals surface area (Å²) in [5.74, 6) is 0.302. The number of imidazole rings is 1. The average molecular weight is 517 g/mol. The minimum atomic E-state index is -3.19. The van der Waals surface area contributed by atoms with Crippen LogP contribution in [0.5, 0.6) is 0 Å². The summed E-state index contributed by atoms with van der Waals surface area (Å²) < 4.78 is 27.9. The van der Waals surface area contributed by atoms with Crippen molar-refractivity contribution in [2.75, 3.05) is 19.3 Å². The molecular formula is C27H37ClN4O2S. The first-order valence-corrected chi connectivity index (χ1v) is 14.4. The van der Waals surface area contributed by atoms with E-state index in [4.69, 9.17) is 16.6 Å². The van der Waals surface area contributed by atoms with Crippen LogP contribution in [0.2, 0.25) is 5.02 Å². The highest BCUT2D eigenvalue weighted by molar-refractivity contribution is 7.88. The van der Waals surface area contributed by atoms with Crippen LogP contribution in [0.4, 0.5) is 0 Å². The van der Waals surface area contributed by atoms with Crippen LogP contribution in [0.15, 0.2) is 59.8 Å². The van der Waals surface area contributed by atoms with Crippen molar-refractivity contribution in [3.05, 3.63) is 70.9 Å². The number of piperidine rings is 1. The third-order valence-corrected chi connectivity index (χ3v) is 8.24. The summed E-state index contributed by atoms with van der Waals surface area (Å²) in [5, 5.41) is 0.683. The van der Waals surface area contributed by atoms with Crippen LogP contribution in [-0.2, 0) is 16.6 Å². The van der Waals surface area contributed by atoms with Crippen LogP contribution in [-0.4, -0.2) is 47.8 Å². The predicted molar refractivity (Wildman–Crippen MR) is 146 cm³/mol. The zero-order valence-corrected chi connectivity index (χ0v) is 22.8. The van der Waals surface area contributed by atoms with Crippen molar-refractivity contribution in [3.8, 4) is 0 Å². The number of allylic oxidation sites excluding steroid dienone is 3. The zero-order chi connectivity index (χ0) is 25.6. The summed E-state index contributed by atoms with van der Waals surface area (Å²) in [6, 6.07) is 6.07. The van der Waals surface area contributed by atoms with Gasteiger partial charge in [-0.3, -0.25) is 4.99 Å². The number of aliphatic imine (C=N–C) groups is 1. The molecule has 0 saturated carbocycles. The molecule has 35 heavy (non-hydrogen) atoms. The molecule has 190 valence electrons. The van der Waals surface area contributed by atoms with Gasteiger partial charge in [-0.2, -0.15) is 0 Å². The highest BCUT2D eigenvalue weighted by Crippen LogP contribution is 2.43. The van der Waals surface area contributed by atoms with Crippen LogP contribution >= 0.6 is 11.6 Å². The van der Waals surface area contributed by atoms with Crippen LogP contribution in [0.3, 0.4) is 0 Å². The molecule has 0 bridgehead atoms. The molecule has 1 unspecified atom stereocenters. The molecule has 1 aromatic carbocycles. The summed E-state index contributed by atoms with van der Waals surface area (Å²) in [7, 11) is -3.19. The first-order valence-electron chi connectivity index (χ1n) is 12.2. The third-order valence-electron chi connectivity index (χ3n) is 6.70. The lowest BCUT2D eigenvalue weighted by Gasteiger charge is -2.36. The molecule has 1 aliphatic rings. The smallest absolute Gasteiger partial charge is 0.211 e. The molecule has 8 heteroatoms. The van der Waals surface area contributed by atoms with Gasteiger partial charge in [-0.1, -0.05) is 29.8 Å².